The molecule has 0 aliphatic rings. The number of rotatable bonds is 8. The van der Waals surface area contributed by atoms with Crippen molar-refractivity contribution >= 4 is 17.7 Å². The first-order chi connectivity index (χ1) is 13.6. The highest BCUT2D eigenvalue weighted by atomic mass is 32.2. The molecular formula is C24H26N2OS. The van der Waals surface area contributed by atoms with E-state index < -0.39 is 0 Å². The second-order valence-electron chi connectivity index (χ2n) is 6.95. The zero-order chi connectivity index (χ0) is 19.8. The van der Waals surface area contributed by atoms with E-state index >= 15 is 0 Å². The van der Waals surface area contributed by atoms with Crippen LogP contribution in [0.3, 0.4) is 0 Å². The molecule has 3 aromatic carbocycles. The number of nitrogens with zero attached hydrogens (tertiary/aromatic N) is 1. The largest absolute Gasteiger partial charge is 0.351 e. The number of carbonyl (C=O) groups is 1. The smallest absolute Gasteiger partial charge is 0.238 e. The Hall–Kier alpha value is -2.56. The van der Waals surface area contributed by atoms with Gasteiger partial charge in [-0.1, -0.05) is 72.8 Å². The predicted molar refractivity (Wildman–Crippen MR) is 117 cm³/mol. The van der Waals surface area contributed by atoms with Gasteiger partial charge in [0.15, 0.2) is 0 Å². The summed E-state index contributed by atoms with van der Waals surface area (Å²) in [7, 11) is 4.11. The van der Waals surface area contributed by atoms with Gasteiger partial charge in [-0.3, -0.25) is 4.79 Å². The number of nitrogens with one attached hydrogen (secondary N) is 1. The molecule has 3 rings (SSSR count). The van der Waals surface area contributed by atoms with Gasteiger partial charge in [-0.25, -0.2) is 0 Å². The molecule has 1 N–H and O–H groups in total. The Balaban J connectivity index is 1.75. The number of thioether (sulfide) groups is 1. The van der Waals surface area contributed by atoms with Gasteiger partial charge in [0.05, 0.1) is 0 Å². The van der Waals surface area contributed by atoms with Crippen LogP contribution in [0.2, 0.25) is 0 Å². The van der Waals surface area contributed by atoms with Crippen LogP contribution in [0, 0.1) is 0 Å². The van der Waals surface area contributed by atoms with Crippen LogP contribution in [0.5, 0.6) is 0 Å². The Morgan fingerprint density at radius 3 is 2.07 bits per heavy atom. The van der Waals surface area contributed by atoms with E-state index in [1.165, 1.54) is 5.56 Å². The topological polar surface area (TPSA) is 32.3 Å². The Morgan fingerprint density at radius 1 is 0.857 bits per heavy atom. The lowest BCUT2D eigenvalue weighted by atomic mass is 10.1. The number of hydrogen-bond donors (Lipinski definition) is 1. The minimum atomic E-state index is -0.287. The summed E-state index contributed by atoms with van der Waals surface area (Å²) in [5, 5.41) is 2.87. The molecule has 28 heavy (non-hydrogen) atoms. The Morgan fingerprint density at radius 2 is 1.43 bits per heavy atom. The molecule has 1 atom stereocenters. The first-order valence-electron chi connectivity index (χ1n) is 9.39. The lowest BCUT2D eigenvalue weighted by Crippen LogP contribution is -2.28. The third kappa shape index (κ3) is 5.72. The van der Waals surface area contributed by atoms with Crippen LogP contribution < -0.4 is 5.32 Å². The third-order valence-corrected chi connectivity index (χ3v) is 5.66. The van der Waals surface area contributed by atoms with Gasteiger partial charge in [-0.05, 0) is 42.9 Å². The highest BCUT2D eigenvalue weighted by Gasteiger charge is 2.22. The number of hydrogen-bond acceptors (Lipinski definition) is 3. The molecule has 0 aliphatic heterocycles. The second kappa shape index (κ2) is 10.1. The first kappa shape index (κ1) is 20.2. The summed E-state index contributed by atoms with van der Waals surface area (Å²) in [6.45, 7) is 1.38. The fraction of sp³-hybridized carbons (Fsp3) is 0.208. The summed E-state index contributed by atoms with van der Waals surface area (Å²) in [6, 6.07) is 28.3. The monoisotopic (exact) mass is 390 g/mol. The number of carbonyl (C=O) groups excluding carboxylic acids is 1. The van der Waals surface area contributed by atoms with Crippen molar-refractivity contribution in [3.63, 3.8) is 0 Å². The molecule has 0 bridgehead atoms. The van der Waals surface area contributed by atoms with E-state index in [-0.39, 0.29) is 11.2 Å². The first-order valence-corrected chi connectivity index (χ1v) is 10.3. The standard InChI is InChI=1S/C24H26N2OS/c1-26(2)18-21-14-10-9-13-20(21)17-25-24(27)23(19-11-5-3-6-12-19)28-22-15-7-4-8-16-22/h3-16,23H,17-18H2,1-2H3,(H,25,27). The summed E-state index contributed by atoms with van der Waals surface area (Å²) < 4.78 is 0. The number of amides is 1. The molecule has 1 amide bonds. The van der Waals surface area contributed by atoms with Crippen LogP contribution >= 0.6 is 11.8 Å². The minimum Gasteiger partial charge on any atom is -0.351 e. The van der Waals surface area contributed by atoms with Crippen molar-refractivity contribution in [2.75, 3.05) is 14.1 Å². The van der Waals surface area contributed by atoms with Gasteiger partial charge in [-0.2, -0.15) is 0 Å². The quantitative estimate of drug-likeness (QED) is 0.555. The molecule has 0 heterocycles. The van der Waals surface area contributed by atoms with Gasteiger partial charge in [-0.15, -0.1) is 11.8 Å². The molecule has 0 spiro atoms. The lowest BCUT2D eigenvalue weighted by Gasteiger charge is -2.19. The average Bonchev–Trinajstić information content (AvgIpc) is 2.72. The highest BCUT2D eigenvalue weighted by molar-refractivity contribution is 8.00. The molecule has 3 aromatic rings. The van der Waals surface area contributed by atoms with Gasteiger partial charge in [0.2, 0.25) is 5.91 Å². The Bertz CT molecular complexity index is 881. The summed E-state index contributed by atoms with van der Waals surface area (Å²) in [5.74, 6) is 0.0275. The number of benzene rings is 3. The van der Waals surface area contributed by atoms with Crippen LogP contribution in [-0.4, -0.2) is 24.9 Å². The van der Waals surface area contributed by atoms with E-state index in [0.29, 0.717) is 6.54 Å². The molecule has 3 nitrogen and oxygen atoms in total. The SMILES string of the molecule is CN(C)Cc1ccccc1CNC(=O)C(Sc1ccccc1)c1ccccc1. The van der Waals surface area contributed by atoms with Gasteiger partial charge in [0, 0.05) is 18.0 Å². The maximum atomic E-state index is 13.1. The van der Waals surface area contributed by atoms with E-state index in [9.17, 15) is 4.79 Å². The summed E-state index contributed by atoms with van der Waals surface area (Å²) in [4.78, 5) is 16.3. The Labute approximate surface area is 171 Å². The molecule has 0 aromatic heterocycles. The maximum absolute atomic E-state index is 13.1. The van der Waals surface area contributed by atoms with Crippen molar-refractivity contribution in [3.05, 3.63) is 102 Å². The van der Waals surface area contributed by atoms with Gasteiger partial charge >= 0.3 is 0 Å². The van der Waals surface area contributed by atoms with E-state index in [1.807, 2.05) is 72.8 Å². The Kier molecular flexibility index (Phi) is 7.29. The summed E-state index contributed by atoms with van der Waals surface area (Å²) >= 11 is 1.58. The van der Waals surface area contributed by atoms with Crippen molar-refractivity contribution in [1.29, 1.82) is 0 Å². The molecule has 0 radical (unpaired) electrons. The highest BCUT2D eigenvalue weighted by Crippen LogP contribution is 2.35. The molecule has 0 saturated carbocycles. The molecule has 0 saturated heterocycles. The van der Waals surface area contributed by atoms with Crippen molar-refractivity contribution in [1.82, 2.24) is 10.2 Å². The molecule has 4 heteroatoms. The van der Waals surface area contributed by atoms with Crippen LogP contribution in [0.25, 0.3) is 0 Å². The van der Waals surface area contributed by atoms with Crippen molar-refractivity contribution < 1.29 is 4.79 Å². The second-order valence-corrected chi connectivity index (χ2v) is 8.12. The van der Waals surface area contributed by atoms with Gasteiger partial charge in [0.25, 0.3) is 0 Å². The van der Waals surface area contributed by atoms with Crippen LogP contribution in [0.4, 0.5) is 0 Å². The summed E-state index contributed by atoms with van der Waals surface area (Å²) in [5.41, 5.74) is 3.40. The van der Waals surface area contributed by atoms with Crippen LogP contribution in [0.15, 0.2) is 89.8 Å². The summed E-state index contributed by atoms with van der Waals surface area (Å²) in [6.07, 6.45) is 0. The average molecular weight is 391 g/mol. The zero-order valence-electron chi connectivity index (χ0n) is 16.3. The molecule has 0 aliphatic carbocycles. The lowest BCUT2D eigenvalue weighted by molar-refractivity contribution is -0.120. The molecular weight excluding hydrogens is 364 g/mol. The van der Waals surface area contributed by atoms with Crippen molar-refractivity contribution in [2.24, 2.45) is 0 Å². The van der Waals surface area contributed by atoms with Crippen LogP contribution in [-0.2, 0) is 17.9 Å². The zero-order valence-corrected chi connectivity index (χ0v) is 17.2. The third-order valence-electron chi connectivity index (χ3n) is 4.40. The fourth-order valence-corrected chi connectivity index (χ4v) is 4.11. The van der Waals surface area contributed by atoms with E-state index in [4.69, 9.17) is 0 Å². The fourth-order valence-electron chi connectivity index (χ4n) is 3.04. The van der Waals surface area contributed by atoms with Gasteiger partial charge < -0.3 is 10.2 Å². The molecule has 0 fully saturated rings. The van der Waals surface area contributed by atoms with E-state index in [0.717, 1.165) is 22.6 Å². The van der Waals surface area contributed by atoms with E-state index in [2.05, 4.69) is 36.4 Å². The van der Waals surface area contributed by atoms with Crippen LogP contribution in [0.1, 0.15) is 21.9 Å². The van der Waals surface area contributed by atoms with Gasteiger partial charge in [0.1, 0.15) is 5.25 Å². The van der Waals surface area contributed by atoms with E-state index in [1.54, 1.807) is 11.8 Å². The normalized spacial score (nSPS) is 12.0. The molecule has 144 valence electrons. The van der Waals surface area contributed by atoms with Crippen molar-refractivity contribution in [3.8, 4) is 0 Å². The predicted octanol–water partition coefficient (Wildman–Crippen LogP) is 4.90. The minimum absolute atomic E-state index is 0.0275. The molecule has 1 unspecified atom stereocenters. The van der Waals surface area contributed by atoms with Crippen molar-refractivity contribution in [2.45, 2.75) is 23.2 Å². The maximum Gasteiger partial charge on any atom is 0.238 e.